The number of hydrazine groups is 1. The van der Waals surface area contributed by atoms with Crippen LogP contribution < -0.4 is 11.3 Å². The quantitative estimate of drug-likeness (QED) is 0.582. The van der Waals surface area contributed by atoms with Gasteiger partial charge < -0.3 is 0 Å². The Morgan fingerprint density at radius 1 is 0.905 bits per heavy atom. The maximum absolute atomic E-state index is 5.97. The highest BCUT2D eigenvalue weighted by atomic mass is 15.2. The Bertz CT molecular complexity index is 323. The molecule has 0 amide bonds. The van der Waals surface area contributed by atoms with Gasteiger partial charge in [0.2, 0.25) is 0 Å². The first-order valence-corrected chi connectivity index (χ1v) is 9.71. The van der Waals surface area contributed by atoms with Gasteiger partial charge in [0.15, 0.2) is 0 Å². The zero-order valence-electron chi connectivity index (χ0n) is 13.7. The maximum Gasteiger partial charge on any atom is 0.0218 e. The molecule has 0 aromatic rings. The van der Waals surface area contributed by atoms with E-state index in [1.807, 2.05) is 0 Å². The minimum Gasteiger partial charge on any atom is -0.271 e. The summed E-state index contributed by atoms with van der Waals surface area (Å²) >= 11 is 0. The minimum atomic E-state index is 0.587. The lowest BCUT2D eigenvalue weighted by Gasteiger charge is -2.57. The van der Waals surface area contributed by atoms with Gasteiger partial charge >= 0.3 is 0 Å². The summed E-state index contributed by atoms with van der Waals surface area (Å²) < 4.78 is 0. The zero-order chi connectivity index (χ0) is 14.3. The Morgan fingerprint density at radius 2 is 1.48 bits per heavy atom. The van der Waals surface area contributed by atoms with E-state index < -0.39 is 0 Å². The normalized spacial score (nSPS) is 44.1. The SMILES string of the molecule is NNC(CC1CCCCC1)CC12CC3CC(CC(C3)C1)C2. The molecule has 0 heterocycles. The van der Waals surface area contributed by atoms with Crippen molar-refractivity contribution in [2.75, 3.05) is 0 Å². The largest absolute Gasteiger partial charge is 0.271 e. The third kappa shape index (κ3) is 3.03. The van der Waals surface area contributed by atoms with Crippen molar-refractivity contribution in [3.8, 4) is 0 Å². The van der Waals surface area contributed by atoms with E-state index in [1.165, 1.54) is 64.2 Å². The standard InChI is InChI=1S/C19H34N2/c20-21-18(9-14-4-2-1-3-5-14)13-19-10-15-6-16(11-19)8-17(7-15)12-19/h14-18,21H,1-13,20H2. The first kappa shape index (κ1) is 14.5. The average Bonchev–Trinajstić information content (AvgIpc) is 2.46. The Labute approximate surface area is 130 Å². The van der Waals surface area contributed by atoms with E-state index in [4.69, 9.17) is 5.84 Å². The number of nitrogens with one attached hydrogen (secondary N) is 1. The summed E-state index contributed by atoms with van der Waals surface area (Å²) in [5, 5.41) is 0. The first-order chi connectivity index (χ1) is 10.2. The van der Waals surface area contributed by atoms with Crippen molar-refractivity contribution in [3.05, 3.63) is 0 Å². The third-order valence-electron chi connectivity index (χ3n) is 7.42. The fraction of sp³-hybridized carbons (Fsp3) is 1.00. The summed E-state index contributed by atoms with van der Waals surface area (Å²) in [7, 11) is 0. The minimum absolute atomic E-state index is 0.587. The van der Waals surface area contributed by atoms with Crippen LogP contribution >= 0.6 is 0 Å². The van der Waals surface area contributed by atoms with Crippen LogP contribution in [0.4, 0.5) is 0 Å². The van der Waals surface area contributed by atoms with Crippen molar-refractivity contribution in [2.24, 2.45) is 34.9 Å². The third-order valence-corrected chi connectivity index (χ3v) is 7.42. The van der Waals surface area contributed by atoms with Crippen LogP contribution in [0.15, 0.2) is 0 Å². The zero-order valence-corrected chi connectivity index (χ0v) is 13.7. The predicted octanol–water partition coefficient (Wildman–Crippen LogP) is 4.40. The van der Waals surface area contributed by atoms with E-state index in [-0.39, 0.29) is 0 Å². The Hall–Kier alpha value is -0.0800. The van der Waals surface area contributed by atoms with Gasteiger partial charge in [0.1, 0.15) is 0 Å². The van der Waals surface area contributed by atoms with Crippen molar-refractivity contribution in [1.82, 2.24) is 5.43 Å². The molecule has 1 unspecified atom stereocenters. The maximum atomic E-state index is 5.97. The van der Waals surface area contributed by atoms with Crippen molar-refractivity contribution in [1.29, 1.82) is 0 Å². The van der Waals surface area contributed by atoms with Gasteiger partial charge in [0.05, 0.1) is 0 Å². The second-order valence-electron chi connectivity index (χ2n) is 9.23. The molecule has 5 fully saturated rings. The molecule has 0 radical (unpaired) electrons. The van der Waals surface area contributed by atoms with Crippen molar-refractivity contribution >= 4 is 0 Å². The molecule has 120 valence electrons. The highest BCUT2D eigenvalue weighted by Gasteiger charge is 2.51. The van der Waals surface area contributed by atoms with Crippen LogP contribution in [0, 0.1) is 29.1 Å². The van der Waals surface area contributed by atoms with Crippen LogP contribution in [0.1, 0.15) is 83.5 Å². The monoisotopic (exact) mass is 290 g/mol. The first-order valence-electron chi connectivity index (χ1n) is 9.71. The summed E-state index contributed by atoms with van der Waals surface area (Å²) in [4.78, 5) is 0. The van der Waals surface area contributed by atoms with Crippen molar-refractivity contribution < 1.29 is 0 Å². The van der Waals surface area contributed by atoms with Crippen LogP contribution in [-0.2, 0) is 0 Å². The Morgan fingerprint density at radius 3 is 2.00 bits per heavy atom. The number of rotatable bonds is 5. The van der Waals surface area contributed by atoms with Gasteiger partial charge in [0.25, 0.3) is 0 Å². The molecule has 0 aromatic carbocycles. The van der Waals surface area contributed by atoms with Gasteiger partial charge in [-0.15, -0.1) is 0 Å². The molecule has 0 saturated heterocycles. The van der Waals surface area contributed by atoms with Gasteiger partial charge in [-0.25, -0.2) is 0 Å². The molecule has 5 aliphatic rings. The lowest BCUT2D eigenvalue weighted by Crippen LogP contribution is -2.50. The molecule has 0 spiro atoms. The van der Waals surface area contributed by atoms with Crippen LogP contribution in [0.3, 0.4) is 0 Å². The van der Waals surface area contributed by atoms with Crippen LogP contribution in [0.25, 0.3) is 0 Å². The van der Waals surface area contributed by atoms with Gasteiger partial charge in [-0.2, -0.15) is 0 Å². The van der Waals surface area contributed by atoms with Crippen LogP contribution in [0.5, 0.6) is 0 Å². The van der Waals surface area contributed by atoms with Gasteiger partial charge in [-0.3, -0.25) is 11.3 Å². The van der Waals surface area contributed by atoms with Crippen molar-refractivity contribution in [2.45, 2.75) is 89.5 Å². The highest BCUT2D eigenvalue weighted by molar-refractivity contribution is 5.02. The molecule has 4 bridgehead atoms. The predicted molar refractivity (Wildman–Crippen MR) is 87.5 cm³/mol. The van der Waals surface area contributed by atoms with Gasteiger partial charge in [-0.05, 0) is 80.5 Å². The summed E-state index contributed by atoms with van der Waals surface area (Å²) in [6.45, 7) is 0. The van der Waals surface area contributed by atoms with Gasteiger partial charge in [0, 0.05) is 6.04 Å². The summed E-state index contributed by atoms with van der Waals surface area (Å²) in [6.07, 6.45) is 19.3. The van der Waals surface area contributed by atoms with Crippen molar-refractivity contribution in [3.63, 3.8) is 0 Å². The molecular formula is C19H34N2. The molecule has 5 aliphatic carbocycles. The van der Waals surface area contributed by atoms with E-state index >= 15 is 0 Å². The lowest BCUT2D eigenvalue weighted by molar-refractivity contribution is -0.0632. The van der Waals surface area contributed by atoms with E-state index in [2.05, 4.69) is 5.43 Å². The summed E-state index contributed by atoms with van der Waals surface area (Å²) in [5.41, 5.74) is 3.91. The summed E-state index contributed by atoms with van der Waals surface area (Å²) in [6, 6.07) is 0.587. The molecular weight excluding hydrogens is 256 g/mol. The molecule has 21 heavy (non-hydrogen) atoms. The van der Waals surface area contributed by atoms with E-state index in [0.29, 0.717) is 11.5 Å². The molecule has 0 aromatic heterocycles. The fourth-order valence-corrected chi connectivity index (χ4v) is 7.10. The smallest absolute Gasteiger partial charge is 0.0218 e. The Kier molecular flexibility index (Phi) is 4.04. The summed E-state index contributed by atoms with van der Waals surface area (Å²) in [5.74, 6) is 10.1. The lowest BCUT2D eigenvalue weighted by atomic mass is 9.48. The molecule has 1 atom stereocenters. The number of hydrogen-bond donors (Lipinski definition) is 2. The van der Waals surface area contributed by atoms with E-state index in [0.717, 1.165) is 23.7 Å². The molecule has 2 heteroatoms. The second-order valence-corrected chi connectivity index (χ2v) is 9.23. The number of nitrogens with two attached hydrogens (primary N) is 1. The van der Waals surface area contributed by atoms with Crippen LogP contribution in [-0.4, -0.2) is 6.04 Å². The fourth-order valence-electron chi connectivity index (χ4n) is 7.10. The van der Waals surface area contributed by atoms with Crippen LogP contribution in [0.2, 0.25) is 0 Å². The molecule has 5 saturated carbocycles. The van der Waals surface area contributed by atoms with E-state index in [1.54, 1.807) is 19.3 Å². The van der Waals surface area contributed by atoms with E-state index in [9.17, 15) is 0 Å². The molecule has 2 nitrogen and oxygen atoms in total. The molecule has 3 N–H and O–H groups in total. The number of hydrogen-bond acceptors (Lipinski definition) is 2. The Balaban J connectivity index is 1.39. The molecule has 0 aliphatic heterocycles. The second kappa shape index (κ2) is 5.85. The topological polar surface area (TPSA) is 38.0 Å². The highest BCUT2D eigenvalue weighted by Crippen LogP contribution is 2.61. The van der Waals surface area contributed by atoms with Gasteiger partial charge in [-0.1, -0.05) is 32.1 Å². The molecule has 5 rings (SSSR count). The average molecular weight is 290 g/mol.